The fourth-order valence-electron chi connectivity index (χ4n) is 2.77. The number of aliphatic hydroxyl groups is 1. The molecule has 0 aliphatic heterocycles. The Hall–Kier alpha value is -0.750. The van der Waals surface area contributed by atoms with Crippen LogP contribution in [-0.4, -0.2) is 40.3 Å². The van der Waals surface area contributed by atoms with E-state index >= 15 is 0 Å². The lowest BCUT2D eigenvalue weighted by molar-refractivity contribution is -0.0142. The van der Waals surface area contributed by atoms with Crippen molar-refractivity contribution in [2.75, 3.05) is 14.1 Å². The van der Waals surface area contributed by atoms with Crippen molar-refractivity contribution in [3.05, 3.63) is 21.9 Å². The highest BCUT2D eigenvalue weighted by Gasteiger charge is 2.29. The van der Waals surface area contributed by atoms with Crippen LogP contribution in [0.5, 0.6) is 0 Å². The van der Waals surface area contributed by atoms with Crippen molar-refractivity contribution in [1.29, 1.82) is 0 Å². The molecule has 1 aliphatic carbocycles. The average molecular weight is 298 g/mol. The molecule has 0 spiro atoms. The minimum atomic E-state index is -0.389. The van der Waals surface area contributed by atoms with E-state index in [1.807, 2.05) is 19.0 Å². The molecule has 0 fully saturated rings. The number of aryl methyl sites for hydroxylation is 1. The third kappa shape index (κ3) is 2.25. The molecule has 2 aromatic heterocycles. The van der Waals surface area contributed by atoms with Crippen LogP contribution in [0.1, 0.15) is 16.9 Å². The first-order valence-corrected chi connectivity index (χ1v) is 7.52. The van der Waals surface area contributed by atoms with Gasteiger partial charge < -0.3 is 5.11 Å². The van der Waals surface area contributed by atoms with Gasteiger partial charge in [0.25, 0.3) is 0 Å². The Morgan fingerprint density at radius 1 is 1.47 bits per heavy atom. The molecule has 0 saturated carbocycles. The number of rotatable bonds is 2. The van der Waals surface area contributed by atoms with Crippen LogP contribution in [-0.2, 0) is 12.8 Å². The second-order valence-electron chi connectivity index (χ2n) is 5.23. The summed E-state index contributed by atoms with van der Waals surface area (Å²) in [6.45, 7) is 0. The van der Waals surface area contributed by atoms with Crippen LogP contribution in [0.2, 0.25) is 5.15 Å². The number of nitrogens with zero attached hydrogens (tertiary/aromatic N) is 3. The highest BCUT2D eigenvalue weighted by atomic mass is 35.5. The van der Waals surface area contributed by atoms with Gasteiger partial charge in [0.05, 0.1) is 5.39 Å². The van der Waals surface area contributed by atoms with Crippen molar-refractivity contribution in [3.8, 4) is 0 Å². The van der Waals surface area contributed by atoms with Gasteiger partial charge >= 0.3 is 0 Å². The number of thiophene rings is 1. The van der Waals surface area contributed by atoms with Gasteiger partial charge in [0.15, 0.2) is 0 Å². The second kappa shape index (κ2) is 4.98. The van der Waals surface area contributed by atoms with Crippen molar-refractivity contribution < 1.29 is 5.11 Å². The second-order valence-corrected chi connectivity index (χ2v) is 6.67. The highest BCUT2D eigenvalue weighted by molar-refractivity contribution is 7.19. The standard InChI is InChI=1S/C13H16ClN3OS/c1-17(2)13(18)7-3-4-8-9(5-7)19-12-10(8)11(14)15-6-16-12/h6-7,13,18H,3-5H2,1-2H3. The molecule has 4 nitrogen and oxygen atoms in total. The van der Waals surface area contributed by atoms with Crippen LogP contribution >= 0.6 is 22.9 Å². The summed E-state index contributed by atoms with van der Waals surface area (Å²) in [5.74, 6) is 0.280. The van der Waals surface area contributed by atoms with E-state index in [9.17, 15) is 5.11 Å². The van der Waals surface area contributed by atoms with Crippen LogP contribution in [0.15, 0.2) is 6.33 Å². The summed E-state index contributed by atoms with van der Waals surface area (Å²) in [5, 5.41) is 11.7. The maximum atomic E-state index is 10.2. The Balaban J connectivity index is 1.98. The number of aliphatic hydroxyl groups excluding tert-OH is 1. The van der Waals surface area contributed by atoms with Crippen LogP contribution in [0.3, 0.4) is 0 Å². The molecule has 0 bridgehead atoms. The van der Waals surface area contributed by atoms with Gasteiger partial charge in [0.2, 0.25) is 0 Å². The predicted molar refractivity (Wildman–Crippen MR) is 77.6 cm³/mol. The van der Waals surface area contributed by atoms with Crippen molar-refractivity contribution in [3.63, 3.8) is 0 Å². The van der Waals surface area contributed by atoms with E-state index in [1.165, 1.54) is 16.8 Å². The van der Waals surface area contributed by atoms with E-state index in [0.717, 1.165) is 29.5 Å². The monoisotopic (exact) mass is 297 g/mol. The van der Waals surface area contributed by atoms with Gasteiger partial charge in [0, 0.05) is 10.8 Å². The Labute approximate surface area is 121 Å². The van der Waals surface area contributed by atoms with Gasteiger partial charge in [-0.1, -0.05) is 11.6 Å². The summed E-state index contributed by atoms with van der Waals surface area (Å²) in [5.41, 5.74) is 1.29. The third-order valence-corrected chi connectivity index (χ3v) is 5.24. The largest absolute Gasteiger partial charge is 0.378 e. The molecule has 2 aromatic rings. The molecule has 1 N–H and O–H groups in total. The molecular formula is C13H16ClN3OS. The minimum Gasteiger partial charge on any atom is -0.378 e. The molecule has 2 heterocycles. The zero-order valence-electron chi connectivity index (χ0n) is 10.9. The third-order valence-electron chi connectivity index (χ3n) is 3.79. The topological polar surface area (TPSA) is 49.2 Å². The summed E-state index contributed by atoms with van der Waals surface area (Å²) in [6, 6.07) is 0. The van der Waals surface area contributed by atoms with Crippen LogP contribution in [0.4, 0.5) is 0 Å². The smallest absolute Gasteiger partial charge is 0.141 e. The lowest BCUT2D eigenvalue weighted by atomic mass is 9.86. The Morgan fingerprint density at radius 2 is 2.26 bits per heavy atom. The number of halogens is 1. The Morgan fingerprint density at radius 3 is 3.00 bits per heavy atom. The number of fused-ring (bicyclic) bond motifs is 3. The maximum Gasteiger partial charge on any atom is 0.141 e. The van der Waals surface area contributed by atoms with Gasteiger partial charge in [0.1, 0.15) is 22.5 Å². The normalized spacial score (nSPS) is 20.8. The van der Waals surface area contributed by atoms with Gasteiger partial charge in [-0.3, -0.25) is 4.90 Å². The summed E-state index contributed by atoms with van der Waals surface area (Å²) in [6.07, 6.45) is 3.94. The molecular weight excluding hydrogens is 282 g/mol. The first kappa shape index (κ1) is 13.2. The van der Waals surface area contributed by atoms with Gasteiger partial charge in [-0.05, 0) is 38.9 Å². The number of aromatic nitrogens is 2. The molecule has 0 aromatic carbocycles. The fraction of sp³-hybridized carbons (Fsp3) is 0.538. The van der Waals surface area contributed by atoms with Crippen LogP contribution < -0.4 is 0 Å². The van der Waals surface area contributed by atoms with Crippen molar-refractivity contribution in [1.82, 2.24) is 14.9 Å². The molecule has 0 saturated heterocycles. The molecule has 6 heteroatoms. The quantitative estimate of drug-likeness (QED) is 0.683. The molecule has 3 rings (SSSR count). The van der Waals surface area contributed by atoms with E-state index in [-0.39, 0.29) is 12.1 Å². The lowest BCUT2D eigenvalue weighted by Crippen LogP contribution is -2.37. The molecule has 0 radical (unpaired) electrons. The average Bonchev–Trinajstić information content (AvgIpc) is 2.76. The summed E-state index contributed by atoms with van der Waals surface area (Å²) in [4.78, 5) is 12.5. The maximum absolute atomic E-state index is 10.2. The van der Waals surface area contributed by atoms with Gasteiger partial charge in [-0.25, -0.2) is 9.97 Å². The zero-order valence-corrected chi connectivity index (χ0v) is 12.5. The number of hydrogen-bond acceptors (Lipinski definition) is 5. The van der Waals surface area contributed by atoms with Crippen LogP contribution in [0, 0.1) is 5.92 Å². The van der Waals surface area contributed by atoms with Gasteiger partial charge in [-0.15, -0.1) is 11.3 Å². The van der Waals surface area contributed by atoms with Gasteiger partial charge in [-0.2, -0.15) is 0 Å². The van der Waals surface area contributed by atoms with Crippen LogP contribution in [0.25, 0.3) is 10.2 Å². The summed E-state index contributed by atoms with van der Waals surface area (Å²) >= 11 is 7.86. The van der Waals surface area contributed by atoms with Crippen molar-refractivity contribution in [2.45, 2.75) is 25.5 Å². The summed E-state index contributed by atoms with van der Waals surface area (Å²) in [7, 11) is 3.82. The minimum absolute atomic E-state index is 0.280. The van der Waals surface area contributed by atoms with E-state index < -0.39 is 0 Å². The molecule has 2 atom stereocenters. The van der Waals surface area contributed by atoms with Crippen molar-refractivity contribution in [2.24, 2.45) is 5.92 Å². The highest BCUT2D eigenvalue weighted by Crippen LogP contribution is 2.40. The zero-order chi connectivity index (χ0) is 13.6. The van der Waals surface area contributed by atoms with E-state index in [1.54, 1.807) is 11.3 Å². The number of hydrogen-bond donors (Lipinski definition) is 1. The molecule has 1 aliphatic rings. The van der Waals surface area contributed by atoms with E-state index in [0.29, 0.717) is 5.15 Å². The first-order chi connectivity index (χ1) is 9.08. The Bertz CT molecular complexity index is 613. The molecule has 2 unspecified atom stereocenters. The Kier molecular flexibility index (Phi) is 3.47. The molecule has 0 amide bonds. The SMILES string of the molecule is CN(C)C(O)C1CCc2c(sc3ncnc(Cl)c23)C1. The molecule has 102 valence electrons. The lowest BCUT2D eigenvalue weighted by Gasteiger charge is -2.30. The first-order valence-electron chi connectivity index (χ1n) is 6.33. The van der Waals surface area contributed by atoms with E-state index in [2.05, 4.69) is 9.97 Å². The fourth-order valence-corrected chi connectivity index (χ4v) is 4.36. The van der Waals surface area contributed by atoms with E-state index in [4.69, 9.17) is 11.6 Å². The van der Waals surface area contributed by atoms with Crippen molar-refractivity contribution >= 4 is 33.2 Å². The predicted octanol–water partition coefficient (Wildman–Crippen LogP) is 2.33. The summed E-state index contributed by atoms with van der Waals surface area (Å²) < 4.78 is 0. The molecule has 19 heavy (non-hydrogen) atoms.